The molecular formula is C28H44N4O6. The maximum Gasteiger partial charge on any atom is 0.328 e. The van der Waals surface area contributed by atoms with Crippen LogP contribution in [-0.2, 0) is 28.7 Å². The number of esters is 2. The molecule has 0 radical (unpaired) electrons. The predicted octanol–water partition coefficient (Wildman–Crippen LogP) is 0.792. The zero-order chi connectivity index (χ0) is 26.8. The van der Waals surface area contributed by atoms with Gasteiger partial charge in [-0.1, -0.05) is 0 Å². The third-order valence-corrected chi connectivity index (χ3v) is 10.2. The molecule has 1 aliphatic carbocycles. The summed E-state index contributed by atoms with van der Waals surface area (Å²) >= 11 is 0. The monoisotopic (exact) mass is 532 g/mol. The molecule has 6 heterocycles. The molecule has 2 amide bonds. The predicted molar refractivity (Wildman–Crippen MR) is 139 cm³/mol. The second-order valence-electron chi connectivity index (χ2n) is 12.2. The van der Waals surface area contributed by atoms with E-state index in [4.69, 9.17) is 9.47 Å². The smallest absolute Gasteiger partial charge is 0.328 e. The van der Waals surface area contributed by atoms with Crippen LogP contribution in [0.2, 0.25) is 0 Å². The molecule has 10 nitrogen and oxygen atoms in total. The van der Waals surface area contributed by atoms with Gasteiger partial charge in [0.1, 0.15) is 12.1 Å². The third-order valence-electron chi connectivity index (χ3n) is 10.2. The molecule has 1 saturated carbocycles. The fraction of sp³-hybridized carbons (Fsp3) is 0.857. The second-order valence-corrected chi connectivity index (χ2v) is 12.2. The zero-order valence-electron chi connectivity index (χ0n) is 22.9. The van der Waals surface area contributed by atoms with E-state index >= 15 is 0 Å². The number of nitrogens with one attached hydrogen (secondary N) is 2. The number of carbonyl (C=O) groups is 4. The van der Waals surface area contributed by atoms with E-state index in [1.807, 2.05) is 0 Å². The van der Waals surface area contributed by atoms with Crippen molar-refractivity contribution in [3.8, 4) is 0 Å². The van der Waals surface area contributed by atoms with E-state index in [1.165, 1.54) is 14.2 Å². The van der Waals surface area contributed by atoms with Crippen LogP contribution >= 0.6 is 0 Å². The number of methoxy groups -OCH3 is 2. The van der Waals surface area contributed by atoms with Gasteiger partial charge in [-0.15, -0.1) is 0 Å². The Labute approximate surface area is 225 Å². The molecule has 7 fully saturated rings. The highest BCUT2D eigenvalue weighted by atomic mass is 16.5. The highest BCUT2D eigenvalue weighted by Gasteiger charge is 2.45. The first-order chi connectivity index (χ1) is 18.4. The maximum atomic E-state index is 13.2. The van der Waals surface area contributed by atoms with Crippen molar-refractivity contribution in [3.05, 3.63) is 0 Å². The summed E-state index contributed by atoms with van der Waals surface area (Å²) in [4.78, 5) is 56.5. The molecular weight excluding hydrogens is 488 g/mol. The van der Waals surface area contributed by atoms with Crippen molar-refractivity contribution in [1.82, 2.24) is 20.4 Å². The van der Waals surface area contributed by atoms with E-state index in [0.717, 1.165) is 65.0 Å². The molecule has 6 aliphatic heterocycles. The molecule has 4 atom stereocenters. The number of piperidine rings is 6. The van der Waals surface area contributed by atoms with E-state index in [1.54, 1.807) is 0 Å². The highest BCUT2D eigenvalue weighted by Crippen LogP contribution is 2.37. The van der Waals surface area contributed by atoms with Gasteiger partial charge in [-0.3, -0.25) is 9.59 Å². The van der Waals surface area contributed by atoms with Crippen LogP contribution in [0.1, 0.15) is 51.4 Å². The lowest BCUT2D eigenvalue weighted by molar-refractivity contribution is -0.151. The minimum absolute atomic E-state index is 0.0812. The average Bonchev–Trinajstić information content (AvgIpc) is 2.98. The molecule has 2 N–H and O–H groups in total. The summed E-state index contributed by atoms with van der Waals surface area (Å²) < 4.78 is 10.2. The average molecular weight is 533 g/mol. The standard InChI is InChI=1S/C28H44N4O6/c1-37-27(35)23(21-15-31-11-7-17(21)8-12-31)29-25(33)19-3-5-20(6-4-19)26(34)30-24(28(36)38-2)22-16-32-13-9-18(22)10-14-32/h17-24H,3-16H2,1-2H3,(H,29,33)(H,30,34)/t19?,20?,21-,22-,23?,24?/m1/s1. The Morgan fingerprint density at radius 3 is 1.21 bits per heavy atom. The quantitative estimate of drug-likeness (QED) is 0.441. The number of hydrogen-bond acceptors (Lipinski definition) is 8. The third kappa shape index (κ3) is 5.71. The topological polar surface area (TPSA) is 117 Å². The van der Waals surface area contributed by atoms with Crippen LogP contribution < -0.4 is 10.6 Å². The number of carbonyl (C=O) groups excluding carboxylic acids is 4. The Morgan fingerprint density at radius 2 is 0.947 bits per heavy atom. The minimum atomic E-state index is -0.621. The largest absolute Gasteiger partial charge is 0.467 e. The Hall–Kier alpha value is -2.20. The lowest BCUT2D eigenvalue weighted by atomic mass is 9.74. The van der Waals surface area contributed by atoms with Crippen LogP contribution in [0.25, 0.3) is 0 Å². The molecule has 10 heteroatoms. The van der Waals surface area contributed by atoms with Gasteiger partial charge in [-0.2, -0.15) is 0 Å². The highest BCUT2D eigenvalue weighted by molar-refractivity contribution is 5.88. The number of ether oxygens (including phenoxy) is 2. The number of fused-ring (bicyclic) bond motifs is 6. The summed E-state index contributed by atoms with van der Waals surface area (Å²) in [5.74, 6) is -0.402. The van der Waals surface area contributed by atoms with Crippen LogP contribution in [0.15, 0.2) is 0 Å². The summed E-state index contributed by atoms with van der Waals surface area (Å²) in [6, 6.07) is -1.24. The van der Waals surface area contributed by atoms with Crippen LogP contribution in [-0.4, -0.2) is 99.1 Å². The SMILES string of the molecule is COC(=O)C(NC(=O)C1CCC(C(=O)NC(C(=O)OC)[C@@H]2CN3CCC2CC3)CC1)[C@@H]1CN2CCC1CC2. The molecule has 0 aromatic heterocycles. The molecule has 7 rings (SSSR count). The molecule has 0 aromatic rings. The van der Waals surface area contributed by atoms with Crippen LogP contribution in [0.4, 0.5) is 0 Å². The maximum absolute atomic E-state index is 13.2. The number of rotatable bonds is 8. The van der Waals surface area contributed by atoms with E-state index in [2.05, 4.69) is 20.4 Å². The molecule has 4 bridgehead atoms. The van der Waals surface area contributed by atoms with Crippen molar-refractivity contribution in [2.24, 2.45) is 35.5 Å². The summed E-state index contributed by atoms with van der Waals surface area (Å²) in [5, 5.41) is 6.09. The van der Waals surface area contributed by atoms with Gasteiger partial charge in [-0.05, 0) is 89.4 Å². The Balaban J connectivity index is 1.15. The molecule has 212 valence electrons. The van der Waals surface area contributed by atoms with E-state index in [0.29, 0.717) is 37.5 Å². The van der Waals surface area contributed by atoms with Crippen molar-refractivity contribution in [2.45, 2.75) is 63.5 Å². The van der Waals surface area contributed by atoms with Crippen molar-refractivity contribution >= 4 is 23.8 Å². The van der Waals surface area contributed by atoms with Crippen LogP contribution in [0.3, 0.4) is 0 Å². The molecule has 38 heavy (non-hydrogen) atoms. The summed E-state index contributed by atoms with van der Waals surface area (Å²) in [6.07, 6.45) is 6.56. The molecule has 2 unspecified atom stereocenters. The van der Waals surface area contributed by atoms with E-state index in [-0.39, 0.29) is 47.4 Å². The zero-order valence-corrected chi connectivity index (χ0v) is 22.9. The van der Waals surface area contributed by atoms with Gasteiger partial charge >= 0.3 is 11.9 Å². The molecule has 7 aliphatic rings. The van der Waals surface area contributed by atoms with Gasteiger partial charge < -0.3 is 29.9 Å². The summed E-state index contributed by atoms with van der Waals surface area (Å²) in [6.45, 7) is 5.88. The normalized spacial score (nSPS) is 37.5. The van der Waals surface area contributed by atoms with Crippen molar-refractivity contribution < 1.29 is 28.7 Å². The minimum Gasteiger partial charge on any atom is -0.467 e. The van der Waals surface area contributed by atoms with E-state index < -0.39 is 12.1 Å². The van der Waals surface area contributed by atoms with E-state index in [9.17, 15) is 19.2 Å². The van der Waals surface area contributed by atoms with Gasteiger partial charge in [0.25, 0.3) is 0 Å². The Kier molecular flexibility index (Phi) is 8.57. The van der Waals surface area contributed by atoms with Gasteiger partial charge in [0.2, 0.25) is 11.8 Å². The van der Waals surface area contributed by atoms with Crippen molar-refractivity contribution in [2.75, 3.05) is 53.5 Å². The Morgan fingerprint density at radius 1 is 0.605 bits per heavy atom. The Bertz CT molecular complexity index is 818. The van der Waals surface area contributed by atoms with Gasteiger partial charge in [0, 0.05) is 36.8 Å². The van der Waals surface area contributed by atoms with Gasteiger partial charge in [-0.25, -0.2) is 9.59 Å². The molecule has 0 spiro atoms. The fourth-order valence-corrected chi connectivity index (χ4v) is 7.87. The lowest BCUT2D eigenvalue weighted by Gasteiger charge is -2.47. The molecule has 6 saturated heterocycles. The first kappa shape index (κ1) is 27.4. The number of amides is 2. The van der Waals surface area contributed by atoms with Crippen molar-refractivity contribution in [3.63, 3.8) is 0 Å². The van der Waals surface area contributed by atoms with Gasteiger partial charge in [0.05, 0.1) is 14.2 Å². The first-order valence-corrected chi connectivity index (χ1v) is 14.6. The first-order valence-electron chi connectivity index (χ1n) is 14.6. The van der Waals surface area contributed by atoms with Gasteiger partial charge in [0.15, 0.2) is 0 Å². The van der Waals surface area contributed by atoms with Crippen LogP contribution in [0, 0.1) is 35.5 Å². The number of nitrogens with zero attached hydrogens (tertiary/aromatic N) is 2. The summed E-state index contributed by atoms with van der Waals surface area (Å²) in [7, 11) is 2.76. The lowest BCUT2D eigenvalue weighted by Crippen LogP contribution is -2.59. The second kappa shape index (κ2) is 11.9. The fourth-order valence-electron chi connectivity index (χ4n) is 7.87. The van der Waals surface area contributed by atoms with Crippen LogP contribution in [0.5, 0.6) is 0 Å². The summed E-state index contributed by atoms with van der Waals surface area (Å²) in [5.41, 5.74) is 0. The number of hydrogen-bond donors (Lipinski definition) is 2. The van der Waals surface area contributed by atoms with Crippen molar-refractivity contribution in [1.29, 1.82) is 0 Å². The molecule has 0 aromatic carbocycles.